The van der Waals surface area contributed by atoms with Crippen LogP contribution in [0.3, 0.4) is 0 Å². The molecule has 1 aliphatic heterocycles. The number of imidazole rings is 1. The van der Waals surface area contributed by atoms with Crippen LogP contribution in [0.1, 0.15) is 45.4 Å². The Kier molecular flexibility index (Phi) is 7.33. The Balaban J connectivity index is 1.58. The number of amides is 1. The predicted molar refractivity (Wildman–Crippen MR) is 131 cm³/mol. The van der Waals surface area contributed by atoms with Gasteiger partial charge in [-0.15, -0.1) is 0 Å². The first kappa shape index (κ1) is 24.3. The Bertz CT molecular complexity index is 1270. The molecule has 3 aromatic rings. The number of aryl methyl sites for hydroxylation is 2. The third-order valence-corrected chi connectivity index (χ3v) is 8.16. The van der Waals surface area contributed by atoms with Gasteiger partial charge in [0.25, 0.3) is 0 Å². The minimum Gasteiger partial charge on any atom is -0.328 e. The number of halogens is 1. The summed E-state index contributed by atoms with van der Waals surface area (Å²) in [4.78, 5) is 19.6. The summed E-state index contributed by atoms with van der Waals surface area (Å²) in [5.41, 5.74) is 2.16. The van der Waals surface area contributed by atoms with Gasteiger partial charge in [-0.05, 0) is 68.7 Å². The van der Waals surface area contributed by atoms with Gasteiger partial charge in [0.1, 0.15) is 11.6 Å². The van der Waals surface area contributed by atoms with E-state index in [-0.39, 0.29) is 23.0 Å². The highest BCUT2D eigenvalue weighted by Gasteiger charge is 2.28. The molecule has 1 saturated heterocycles. The van der Waals surface area contributed by atoms with E-state index in [1.165, 1.54) is 16.4 Å². The lowest BCUT2D eigenvalue weighted by Gasteiger charge is -2.21. The van der Waals surface area contributed by atoms with E-state index < -0.39 is 10.0 Å². The number of hydrogen-bond donors (Lipinski definition) is 0. The Morgan fingerprint density at radius 3 is 2.44 bits per heavy atom. The Morgan fingerprint density at radius 1 is 1.09 bits per heavy atom. The number of anilines is 1. The fraction of sp³-hybridized carbons (Fsp3) is 0.440. The van der Waals surface area contributed by atoms with E-state index in [2.05, 4.69) is 11.5 Å². The molecule has 1 aromatic heterocycles. The van der Waals surface area contributed by atoms with Gasteiger partial charge in [0.15, 0.2) is 0 Å². The van der Waals surface area contributed by atoms with Crippen molar-refractivity contribution in [2.75, 3.05) is 24.5 Å². The molecule has 2 aromatic carbocycles. The van der Waals surface area contributed by atoms with Crippen LogP contribution in [-0.2, 0) is 27.8 Å². The maximum Gasteiger partial charge on any atom is 0.243 e. The quantitative estimate of drug-likeness (QED) is 0.451. The third kappa shape index (κ3) is 4.86. The number of carbonyl (C=O) groups is 1. The Labute approximate surface area is 200 Å². The van der Waals surface area contributed by atoms with Crippen LogP contribution >= 0.6 is 0 Å². The summed E-state index contributed by atoms with van der Waals surface area (Å²) in [7, 11) is -3.52. The van der Waals surface area contributed by atoms with Crippen molar-refractivity contribution < 1.29 is 17.6 Å². The predicted octanol–water partition coefficient (Wildman–Crippen LogP) is 4.36. The van der Waals surface area contributed by atoms with Crippen molar-refractivity contribution in [2.24, 2.45) is 0 Å². The van der Waals surface area contributed by atoms with E-state index in [9.17, 15) is 17.6 Å². The zero-order valence-electron chi connectivity index (χ0n) is 19.7. The molecule has 1 amide bonds. The average Bonchev–Trinajstić information content (AvgIpc) is 3.48. The number of hydrogen-bond acceptors (Lipinski definition) is 4. The van der Waals surface area contributed by atoms with Crippen LogP contribution in [0.4, 0.5) is 10.1 Å². The molecular formula is C25H31FN4O3S. The molecule has 34 heavy (non-hydrogen) atoms. The van der Waals surface area contributed by atoms with E-state index in [4.69, 9.17) is 4.98 Å². The molecule has 0 unspecified atom stereocenters. The van der Waals surface area contributed by atoms with Crippen molar-refractivity contribution in [2.45, 2.75) is 57.4 Å². The average molecular weight is 487 g/mol. The van der Waals surface area contributed by atoms with Gasteiger partial charge in [-0.1, -0.05) is 6.92 Å². The Hall–Kier alpha value is -2.78. The molecule has 0 N–H and O–H groups in total. The van der Waals surface area contributed by atoms with Crippen LogP contribution in [0.2, 0.25) is 0 Å². The van der Waals surface area contributed by atoms with Gasteiger partial charge in [-0.25, -0.2) is 17.8 Å². The standard InChI is InChI=1S/C25H31FN4O3S/c1-3-15-30-23-12-11-21(34(32,33)28-16-5-6-17-28)18-22(23)27-24(30)13-14-25(31)29(4-2)20-9-7-19(26)8-10-20/h7-12,18H,3-6,13-17H2,1-2H3. The molecule has 0 saturated carbocycles. The summed E-state index contributed by atoms with van der Waals surface area (Å²) in [6.45, 7) is 6.28. The molecule has 0 radical (unpaired) electrons. The van der Waals surface area contributed by atoms with Crippen molar-refractivity contribution in [3.05, 3.63) is 54.1 Å². The minimum atomic E-state index is -3.52. The van der Waals surface area contributed by atoms with Crippen LogP contribution < -0.4 is 4.90 Å². The van der Waals surface area contributed by atoms with Crippen molar-refractivity contribution in [3.63, 3.8) is 0 Å². The van der Waals surface area contributed by atoms with Crippen molar-refractivity contribution in [1.82, 2.24) is 13.9 Å². The van der Waals surface area contributed by atoms with E-state index in [1.807, 2.05) is 13.0 Å². The minimum absolute atomic E-state index is 0.0680. The van der Waals surface area contributed by atoms with Gasteiger partial charge in [-0.3, -0.25) is 4.79 Å². The van der Waals surface area contributed by atoms with E-state index in [0.29, 0.717) is 37.3 Å². The number of fused-ring (bicyclic) bond motifs is 1. The second-order valence-corrected chi connectivity index (χ2v) is 10.5. The summed E-state index contributed by atoms with van der Waals surface area (Å²) in [5, 5.41) is 0. The largest absolute Gasteiger partial charge is 0.328 e. The van der Waals surface area contributed by atoms with Gasteiger partial charge < -0.3 is 9.47 Å². The smallest absolute Gasteiger partial charge is 0.243 e. The lowest BCUT2D eigenvalue weighted by molar-refractivity contribution is -0.118. The zero-order valence-corrected chi connectivity index (χ0v) is 20.5. The van der Waals surface area contributed by atoms with E-state index >= 15 is 0 Å². The molecule has 4 rings (SSSR count). The molecule has 7 nitrogen and oxygen atoms in total. The number of carbonyl (C=O) groups excluding carboxylic acids is 1. The van der Waals surface area contributed by atoms with E-state index in [1.54, 1.807) is 29.2 Å². The first-order valence-electron chi connectivity index (χ1n) is 11.9. The first-order valence-corrected chi connectivity index (χ1v) is 13.3. The number of benzene rings is 2. The molecule has 9 heteroatoms. The molecule has 0 atom stereocenters. The van der Waals surface area contributed by atoms with Crippen LogP contribution in [-0.4, -0.2) is 47.8 Å². The summed E-state index contributed by atoms with van der Waals surface area (Å²) in [6.07, 6.45) is 3.34. The van der Waals surface area contributed by atoms with Crippen LogP contribution in [0.5, 0.6) is 0 Å². The number of sulfonamides is 1. The number of nitrogens with zero attached hydrogens (tertiary/aromatic N) is 4. The second kappa shape index (κ2) is 10.2. The van der Waals surface area contributed by atoms with Gasteiger partial charge in [0, 0.05) is 44.7 Å². The first-order chi connectivity index (χ1) is 16.3. The summed E-state index contributed by atoms with van der Waals surface area (Å²) < 4.78 is 42.9. The molecule has 182 valence electrons. The molecule has 1 fully saturated rings. The monoisotopic (exact) mass is 486 g/mol. The lowest BCUT2D eigenvalue weighted by atomic mass is 10.2. The fourth-order valence-corrected chi connectivity index (χ4v) is 6.08. The highest BCUT2D eigenvalue weighted by Crippen LogP contribution is 2.26. The summed E-state index contributed by atoms with van der Waals surface area (Å²) >= 11 is 0. The normalized spacial score (nSPS) is 14.7. The van der Waals surface area contributed by atoms with Crippen molar-refractivity contribution in [1.29, 1.82) is 0 Å². The maximum absolute atomic E-state index is 13.3. The molecule has 0 bridgehead atoms. The van der Waals surface area contributed by atoms with Gasteiger partial charge in [0.05, 0.1) is 15.9 Å². The number of rotatable bonds is 9. The third-order valence-electron chi connectivity index (χ3n) is 6.27. The summed E-state index contributed by atoms with van der Waals surface area (Å²) in [6, 6.07) is 11.0. The fourth-order valence-electron chi connectivity index (χ4n) is 4.54. The highest BCUT2D eigenvalue weighted by atomic mass is 32.2. The number of aromatic nitrogens is 2. The Morgan fingerprint density at radius 2 is 1.79 bits per heavy atom. The lowest BCUT2D eigenvalue weighted by Crippen LogP contribution is -2.31. The van der Waals surface area contributed by atoms with E-state index in [0.717, 1.165) is 37.1 Å². The molecule has 2 heterocycles. The SMILES string of the molecule is CCCn1c(CCC(=O)N(CC)c2ccc(F)cc2)nc2cc(S(=O)(=O)N3CCCC3)ccc21. The topological polar surface area (TPSA) is 75.5 Å². The van der Waals surface area contributed by atoms with Crippen molar-refractivity contribution in [3.8, 4) is 0 Å². The zero-order chi connectivity index (χ0) is 24.3. The molecule has 0 spiro atoms. The second-order valence-electron chi connectivity index (χ2n) is 8.56. The highest BCUT2D eigenvalue weighted by molar-refractivity contribution is 7.89. The van der Waals surface area contributed by atoms with Crippen LogP contribution in [0.25, 0.3) is 11.0 Å². The maximum atomic E-state index is 13.3. The van der Waals surface area contributed by atoms with Gasteiger partial charge in [-0.2, -0.15) is 4.31 Å². The molecule has 1 aliphatic rings. The summed E-state index contributed by atoms with van der Waals surface area (Å²) in [5.74, 6) is 0.351. The van der Waals surface area contributed by atoms with Crippen molar-refractivity contribution >= 4 is 32.7 Å². The molecular weight excluding hydrogens is 455 g/mol. The van der Waals surface area contributed by atoms with Gasteiger partial charge >= 0.3 is 0 Å². The molecule has 0 aliphatic carbocycles. The van der Waals surface area contributed by atoms with Crippen LogP contribution in [0, 0.1) is 5.82 Å². The van der Waals surface area contributed by atoms with Crippen LogP contribution in [0.15, 0.2) is 47.4 Å². The van der Waals surface area contributed by atoms with Gasteiger partial charge in [0.2, 0.25) is 15.9 Å².